The molecule has 0 fully saturated rings. The van der Waals surface area contributed by atoms with E-state index in [9.17, 15) is 9.59 Å². The topological polar surface area (TPSA) is 62.0 Å². The van der Waals surface area contributed by atoms with E-state index in [0.29, 0.717) is 17.7 Å². The van der Waals surface area contributed by atoms with Crippen LogP contribution in [0.25, 0.3) is 0 Å². The summed E-state index contributed by atoms with van der Waals surface area (Å²) in [6, 6.07) is 10.8. The van der Waals surface area contributed by atoms with Gasteiger partial charge in [0.2, 0.25) is 0 Å². The minimum Gasteiger partial charge on any atom is -0.348 e. The van der Waals surface area contributed by atoms with Crippen molar-refractivity contribution >= 4 is 17.9 Å². The maximum absolute atomic E-state index is 11.8. The molecule has 0 aliphatic carbocycles. The molecule has 1 amide bonds. The summed E-state index contributed by atoms with van der Waals surface area (Å²) in [6.07, 6.45) is 1.64. The lowest BCUT2D eigenvalue weighted by Crippen LogP contribution is -2.12. The number of aromatic nitrogens is 1. The zero-order chi connectivity index (χ0) is 13.0. The molecule has 0 spiro atoms. The largest absolute Gasteiger partial charge is 0.348 e. The van der Waals surface area contributed by atoms with Crippen LogP contribution in [-0.2, 0) is 6.42 Å². The Bertz CT molecular complexity index is 555. The monoisotopic (exact) mass is 242 g/mol. The van der Waals surface area contributed by atoms with Gasteiger partial charge >= 0.3 is 0 Å². The Morgan fingerprint density at radius 1 is 1.22 bits per heavy atom. The Balaban J connectivity index is 2.08. The Hall–Kier alpha value is -2.36. The summed E-state index contributed by atoms with van der Waals surface area (Å²) in [6.45, 7) is 2.08. The van der Waals surface area contributed by atoms with Crippen LogP contribution in [0, 0.1) is 0 Å². The molecule has 0 saturated carbocycles. The van der Waals surface area contributed by atoms with Crippen LogP contribution < -0.4 is 5.32 Å². The summed E-state index contributed by atoms with van der Waals surface area (Å²) in [5.74, 6) is -0.257. The van der Waals surface area contributed by atoms with Crippen LogP contribution in [-0.4, -0.2) is 17.2 Å². The number of amides is 1. The molecule has 0 radical (unpaired) electrons. The third-order valence-electron chi connectivity index (χ3n) is 2.70. The van der Waals surface area contributed by atoms with Crippen LogP contribution in [0.2, 0.25) is 0 Å². The van der Waals surface area contributed by atoms with Crippen molar-refractivity contribution in [2.45, 2.75) is 13.3 Å². The minimum atomic E-state index is -0.257. The van der Waals surface area contributed by atoms with Gasteiger partial charge in [-0.15, -0.1) is 0 Å². The molecule has 2 rings (SSSR count). The fourth-order valence-corrected chi connectivity index (χ4v) is 1.64. The zero-order valence-corrected chi connectivity index (χ0v) is 10.1. The fourth-order valence-electron chi connectivity index (χ4n) is 1.64. The number of aromatic amines is 1. The molecule has 0 atom stereocenters. The van der Waals surface area contributed by atoms with E-state index in [1.54, 1.807) is 12.1 Å². The first-order chi connectivity index (χ1) is 8.72. The highest BCUT2D eigenvalue weighted by atomic mass is 16.2. The highest BCUT2D eigenvalue weighted by Crippen LogP contribution is 2.11. The van der Waals surface area contributed by atoms with E-state index in [1.165, 1.54) is 5.56 Å². The normalized spacial score (nSPS) is 10.1. The number of nitrogens with one attached hydrogen (secondary N) is 2. The second kappa shape index (κ2) is 5.31. The first-order valence-corrected chi connectivity index (χ1v) is 5.77. The molecule has 0 bridgehead atoms. The standard InChI is InChI=1S/C14H14N2O2/c1-2-10-3-5-11(6-4-10)16-14(18)13-8-7-12(9-17)15-13/h3-9,15H,2H2,1H3,(H,16,18). The first-order valence-electron chi connectivity index (χ1n) is 5.77. The summed E-state index contributed by atoms with van der Waals surface area (Å²) in [5.41, 5.74) is 2.72. The maximum Gasteiger partial charge on any atom is 0.272 e. The van der Waals surface area contributed by atoms with Crippen molar-refractivity contribution in [1.82, 2.24) is 4.98 Å². The lowest BCUT2D eigenvalue weighted by Gasteiger charge is -2.04. The number of H-pyrrole nitrogens is 1. The van der Waals surface area contributed by atoms with Gasteiger partial charge < -0.3 is 10.3 Å². The molecule has 2 aromatic rings. The van der Waals surface area contributed by atoms with E-state index < -0.39 is 0 Å². The van der Waals surface area contributed by atoms with Crippen molar-refractivity contribution in [2.75, 3.05) is 5.32 Å². The Morgan fingerprint density at radius 2 is 1.94 bits per heavy atom. The van der Waals surface area contributed by atoms with E-state index in [-0.39, 0.29) is 5.91 Å². The van der Waals surface area contributed by atoms with Crippen LogP contribution in [0.15, 0.2) is 36.4 Å². The van der Waals surface area contributed by atoms with Crippen LogP contribution >= 0.6 is 0 Å². The van der Waals surface area contributed by atoms with Gasteiger partial charge in [-0.25, -0.2) is 0 Å². The lowest BCUT2D eigenvalue weighted by molar-refractivity contribution is 0.102. The van der Waals surface area contributed by atoms with Gasteiger partial charge in [0.05, 0.1) is 5.69 Å². The zero-order valence-electron chi connectivity index (χ0n) is 10.1. The average Bonchev–Trinajstić information content (AvgIpc) is 2.88. The third-order valence-corrected chi connectivity index (χ3v) is 2.70. The van der Waals surface area contributed by atoms with Crippen molar-refractivity contribution in [2.24, 2.45) is 0 Å². The quantitative estimate of drug-likeness (QED) is 0.809. The number of benzene rings is 1. The molecule has 1 heterocycles. The van der Waals surface area contributed by atoms with E-state index in [4.69, 9.17) is 0 Å². The first kappa shape index (κ1) is 12.1. The molecule has 0 aliphatic rings. The van der Waals surface area contributed by atoms with Gasteiger partial charge in [-0.3, -0.25) is 9.59 Å². The molecule has 0 aliphatic heterocycles. The summed E-state index contributed by atoms with van der Waals surface area (Å²) in [5, 5.41) is 2.76. The van der Waals surface area contributed by atoms with Gasteiger partial charge in [-0.05, 0) is 36.2 Å². The van der Waals surface area contributed by atoms with E-state index in [0.717, 1.165) is 12.1 Å². The van der Waals surface area contributed by atoms with Crippen molar-refractivity contribution < 1.29 is 9.59 Å². The highest BCUT2D eigenvalue weighted by Gasteiger charge is 2.08. The summed E-state index contributed by atoms with van der Waals surface area (Å²) < 4.78 is 0. The number of anilines is 1. The molecule has 1 aromatic carbocycles. The van der Waals surface area contributed by atoms with Crippen molar-refractivity contribution in [3.8, 4) is 0 Å². The van der Waals surface area contributed by atoms with Crippen LogP contribution in [0.1, 0.15) is 33.5 Å². The van der Waals surface area contributed by atoms with Crippen molar-refractivity contribution in [1.29, 1.82) is 0 Å². The van der Waals surface area contributed by atoms with E-state index in [2.05, 4.69) is 17.2 Å². The maximum atomic E-state index is 11.8. The Kier molecular flexibility index (Phi) is 3.57. The minimum absolute atomic E-state index is 0.257. The van der Waals surface area contributed by atoms with Crippen LogP contribution in [0.3, 0.4) is 0 Å². The smallest absolute Gasteiger partial charge is 0.272 e. The molecule has 0 unspecified atom stereocenters. The Morgan fingerprint density at radius 3 is 2.50 bits per heavy atom. The van der Waals surface area contributed by atoms with Gasteiger partial charge in [0.25, 0.3) is 5.91 Å². The number of hydrogen-bond donors (Lipinski definition) is 2. The van der Waals surface area contributed by atoms with E-state index >= 15 is 0 Å². The molecule has 92 valence electrons. The van der Waals surface area contributed by atoms with Gasteiger partial charge in [-0.2, -0.15) is 0 Å². The number of carbonyl (C=O) groups is 2. The number of carbonyl (C=O) groups excluding carboxylic acids is 2. The van der Waals surface area contributed by atoms with Gasteiger partial charge in [0.1, 0.15) is 5.69 Å². The number of aldehydes is 1. The summed E-state index contributed by atoms with van der Waals surface area (Å²) in [4.78, 5) is 25.1. The molecule has 18 heavy (non-hydrogen) atoms. The van der Waals surface area contributed by atoms with E-state index in [1.807, 2.05) is 24.3 Å². The van der Waals surface area contributed by atoms with Gasteiger partial charge in [0.15, 0.2) is 6.29 Å². The lowest BCUT2D eigenvalue weighted by atomic mass is 10.1. The molecular formula is C14H14N2O2. The SMILES string of the molecule is CCc1ccc(NC(=O)c2ccc(C=O)[nH]2)cc1. The molecule has 0 saturated heterocycles. The molecule has 2 N–H and O–H groups in total. The van der Waals surface area contributed by atoms with Crippen LogP contribution in [0.4, 0.5) is 5.69 Å². The molecule has 4 nitrogen and oxygen atoms in total. The molecular weight excluding hydrogens is 228 g/mol. The number of aryl methyl sites for hydroxylation is 1. The molecule has 1 aromatic heterocycles. The van der Waals surface area contributed by atoms with Crippen molar-refractivity contribution in [3.05, 3.63) is 53.3 Å². The Labute approximate surface area is 105 Å². The second-order valence-corrected chi connectivity index (χ2v) is 3.95. The third kappa shape index (κ3) is 2.66. The predicted octanol–water partition coefficient (Wildman–Crippen LogP) is 2.64. The average molecular weight is 242 g/mol. The number of hydrogen-bond acceptors (Lipinski definition) is 2. The van der Waals surface area contributed by atoms with Crippen LogP contribution in [0.5, 0.6) is 0 Å². The predicted molar refractivity (Wildman–Crippen MR) is 70.0 cm³/mol. The fraction of sp³-hybridized carbons (Fsp3) is 0.143. The van der Waals surface area contributed by atoms with Gasteiger partial charge in [0, 0.05) is 5.69 Å². The highest BCUT2D eigenvalue weighted by molar-refractivity contribution is 6.03. The molecule has 4 heteroatoms. The van der Waals surface area contributed by atoms with Crippen molar-refractivity contribution in [3.63, 3.8) is 0 Å². The summed E-state index contributed by atoms with van der Waals surface area (Å²) >= 11 is 0. The summed E-state index contributed by atoms with van der Waals surface area (Å²) in [7, 11) is 0. The number of rotatable bonds is 4. The second-order valence-electron chi connectivity index (χ2n) is 3.95. The van der Waals surface area contributed by atoms with Gasteiger partial charge in [-0.1, -0.05) is 19.1 Å².